The van der Waals surface area contributed by atoms with E-state index in [9.17, 15) is 5.11 Å². The van der Waals surface area contributed by atoms with Crippen LogP contribution in [0.15, 0.2) is 54.3 Å². The highest BCUT2D eigenvalue weighted by Gasteiger charge is 2.54. The van der Waals surface area contributed by atoms with Crippen LogP contribution in [0, 0.1) is 35.0 Å². The van der Waals surface area contributed by atoms with Gasteiger partial charge in [0.05, 0.1) is 12.1 Å². The van der Waals surface area contributed by atoms with Crippen molar-refractivity contribution in [3.8, 4) is 0 Å². The first-order valence-electron chi connectivity index (χ1n) is 11.8. The highest BCUT2D eigenvalue weighted by atomic mass is 16.3. The minimum atomic E-state index is 0.100. The van der Waals surface area contributed by atoms with Crippen molar-refractivity contribution in [2.24, 2.45) is 35.0 Å². The molecule has 0 spiro atoms. The molecule has 29 heavy (non-hydrogen) atoms. The average molecular weight is 388 g/mol. The van der Waals surface area contributed by atoms with Crippen LogP contribution in [0.4, 0.5) is 0 Å². The van der Waals surface area contributed by atoms with E-state index in [0.717, 1.165) is 17.8 Å². The van der Waals surface area contributed by atoms with E-state index in [2.05, 4.69) is 60.2 Å². The predicted molar refractivity (Wildman–Crippen MR) is 119 cm³/mol. The summed E-state index contributed by atoms with van der Waals surface area (Å²) in [7, 11) is 0. The Labute approximate surface area is 174 Å². The molecule has 1 aromatic carbocycles. The molecule has 1 aromatic heterocycles. The summed E-state index contributed by atoms with van der Waals surface area (Å²) in [6.45, 7) is 2.76. The molecule has 2 heteroatoms. The number of benzene rings is 1. The fraction of sp³-hybridized carbons (Fsp3) is 0.556. The summed E-state index contributed by atoms with van der Waals surface area (Å²) in [5.41, 5.74) is 4.60. The number of nitrogens with zero attached hydrogens (tertiary/aromatic N) is 1. The number of para-hydroxylation sites is 1. The van der Waals surface area contributed by atoms with Gasteiger partial charge in [0.2, 0.25) is 0 Å². The van der Waals surface area contributed by atoms with Gasteiger partial charge < -0.3 is 9.67 Å². The van der Waals surface area contributed by atoms with Gasteiger partial charge in [-0.3, -0.25) is 0 Å². The van der Waals surface area contributed by atoms with Crippen LogP contribution in [0.5, 0.6) is 0 Å². The van der Waals surface area contributed by atoms with Gasteiger partial charge in [0.15, 0.2) is 0 Å². The van der Waals surface area contributed by atoms with E-state index in [-0.39, 0.29) is 5.41 Å². The van der Waals surface area contributed by atoms with Crippen molar-refractivity contribution in [2.45, 2.75) is 51.9 Å². The molecular weight excluding hydrogens is 354 g/mol. The van der Waals surface area contributed by atoms with Crippen LogP contribution in [0.3, 0.4) is 0 Å². The zero-order valence-electron chi connectivity index (χ0n) is 17.6. The number of aliphatic hydroxyl groups excluding tert-OH is 1. The standard InChI is InChI=1S/C27H33NO/c1-18-12-14-27(17-29)20(16-18)6-7-22-21-9-11-26(23(21)8-10-24(22)27)28-15-13-19-4-2-3-5-25(19)28/h2-6,11,13,15,18,21-24,29H,7-10,12,14,16-17H2,1H3/t18-,21?,22?,23?,24?,27+/m0/s1. The monoisotopic (exact) mass is 387 g/mol. The lowest BCUT2D eigenvalue weighted by Gasteiger charge is -2.56. The van der Waals surface area contributed by atoms with Gasteiger partial charge in [-0.05, 0) is 86.1 Å². The maximum absolute atomic E-state index is 10.6. The second-order valence-electron chi connectivity index (χ2n) is 10.4. The number of allylic oxidation sites excluding steroid dienone is 3. The van der Waals surface area contributed by atoms with E-state index in [1.54, 1.807) is 11.3 Å². The summed E-state index contributed by atoms with van der Waals surface area (Å²) in [5, 5.41) is 11.9. The average Bonchev–Trinajstić information content (AvgIpc) is 3.37. The van der Waals surface area contributed by atoms with Crippen LogP contribution in [0.25, 0.3) is 16.6 Å². The molecule has 0 saturated heterocycles. The fourth-order valence-corrected chi connectivity index (χ4v) is 7.74. The van der Waals surface area contributed by atoms with Crippen molar-refractivity contribution in [3.05, 3.63) is 54.3 Å². The van der Waals surface area contributed by atoms with Crippen LogP contribution in [-0.4, -0.2) is 16.3 Å². The maximum atomic E-state index is 10.6. The van der Waals surface area contributed by atoms with E-state index in [1.165, 1.54) is 55.8 Å². The van der Waals surface area contributed by atoms with Crippen LogP contribution in [0.2, 0.25) is 0 Å². The van der Waals surface area contributed by atoms with Crippen LogP contribution in [-0.2, 0) is 0 Å². The third-order valence-corrected chi connectivity index (χ3v) is 9.15. The molecule has 0 aliphatic heterocycles. The van der Waals surface area contributed by atoms with Crippen molar-refractivity contribution in [1.29, 1.82) is 0 Å². The Morgan fingerprint density at radius 1 is 1.03 bits per heavy atom. The van der Waals surface area contributed by atoms with Crippen molar-refractivity contribution < 1.29 is 5.11 Å². The van der Waals surface area contributed by atoms with Gasteiger partial charge in [0.25, 0.3) is 0 Å². The topological polar surface area (TPSA) is 25.2 Å². The zero-order chi connectivity index (χ0) is 19.6. The maximum Gasteiger partial charge on any atom is 0.0527 e. The molecule has 4 aliphatic carbocycles. The minimum Gasteiger partial charge on any atom is -0.395 e. The van der Waals surface area contributed by atoms with Gasteiger partial charge in [-0.25, -0.2) is 0 Å². The predicted octanol–water partition coefficient (Wildman–Crippen LogP) is 6.27. The Morgan fingerprint density at radius 2 is 1.90 bits per heavy atom. The zero-order valence-corrected chi connectivity index (χ0v) is 17.6. The first kappa shape index (κ1) is 18.0. The summed E-state index contributed by atoms with van der Waals surface area (Å²) in [4.78, 5) is 0. The second kappa shape index (κ2) is 6.60. The van der Waals surface area contributed by atoms with E-state index in [4.69, 9.17) is 0 Å². The van der Waals surface area contributed by atoms with Gasteiger partial charge in [-0.1, -0.05) is 42.8 Å². The molecule has 0 amide bonds. The van der Waals surface area contributed by atoms with Crippen molar-refractivity contribution in [1.82, 2.24) is 4.57 Å². The largest absolute Gasteiger partial charge is 0.395 e. The number of rotatable bonds is 2. The number of hydrogen-bond acceptors (Lipinski definition) is 1. The summed E-state index contributed by atoms with van der Waals surface area (Å²) in [6.07, 6.45) is 16.1. The molecule has 6 rings (SSSR count). The quantitative estimate of drug-likeness (QED) is 0.603. The molecule has 4 aliphatic rings. The Kier molecular flexibility index (Phi) is 4.10. The third-order valence-electron chi connectivity index (χ3n) is 9.15. The van der Waals surface area contributed by atoms with Crippen LogP contribution < -0.4 is 0 Å². The third kappa shape index (κ3) is 2.51. The Hall–Kier alpha value is -1.80. The molecule has 0 radical (unpaired) electrons. The lowest BCUT2D eigenvalue weighted by atomic mass is 9.49. The minimum absolute atomic E-state index is 0.100. The first-order valence-corrected chi connectivity index (χ1v) is 11.8. The number of aromatic nitrogens is 1. The molecule has 2 fully saturated rings. The van der Waals surface area contributed by atoms with Crippen LogP contribution >= 0.6 is 0 Å². The van der Waals surface area contributed by atoms with Crippen molar-refractivity contribution in [3.63, 3.8) is 0 Å². The van der Waals surface area contributed by atoms with E-state index in [1.807, 2.05) is 0 Å². The summed E-state index contributed by atoms with van der Waals surface area (Å²) in [5.74, 6) is 3.66. The van der Waals surface area contributed by atoms with Gasteiger partial charge in [-0.15, -0.1) is 0 Å². The fourth-order valence-electron chi connectivity index (χ4n) is 7.74. The molecule has 152 valence electrons. The van der Waals surface area contributed by atoms with Crippen molar-refractivity contribution in [2.75, 3.05) is 6.61 Å². The van der Waals surface area contributed by atoms with Crippen LogP contribution in [0.1, 0.15) is 51.9 Å². The lowest BCUT2D eigenvalue weighted by Crippen LogP contribution is -2.50. The Bertz CT molecular complexity index is 997. The molecule has 2 saturated carbocycles. The van der Waals surface area contributed by atoms with Crippen molar-refractivity contribution >= 4 is 16.6 Å². The smallest absolute Gasteiger partial charge is 0.0527 e. The SMILES string of the molecule is C[C@H]1CC[C@@]2(CO)C(=CCC3C4CC=C(n5ccc6ccccc65)C4CCC32)C1. The highest BCUT2D eigenvalue weighted by molar-refractivity contribution is 5.83. The summed E-state index contributed by atoms with van der Waals surface area (Å²) >= 11 is 0. The Morgan fingerprint density at radius 3 is 2.79 bits per heavy atom. The van der Waals surface area contributed by atoms with Gasteiger partial charge >= 0.3 is 0 Å². The molecule has 6 atom stereocenters. The normalized spacial score (nSPS) is 38.8. The van der Waals surface area contributed by atoms with E-state index < -0.39 is 0 Å². The highest BCUT2D eigenvalue weighted by Crippen LogP contribution is 2.62. The molecule has 2 nitrogen and oxygen atoms in total. The Balaban J connectivity index is 1.33. The number of hydrogen-bond donors (Lipinski definition) is 1. The summed E-state index contributed by atoms with van der Waals surface area (Å²) < 4.78 is 2.47. The van der Waals surface area contributed by atoms with Gasteiger partial charge in [-0.2, -0.15) is 0 Å². The molecule has 1 N–H and O–H groups in total. The van der Waals surface area contributed by atoms with E-state index in [0.29, 0.717) is 18.4 Å². The molecule has 0 bridgehead atoms. The van der Waals surface area contributed by atoms with Gasteiger partial charge in [0.1, 0.15) is 0 Å². The molecule has 2 aromatic rings. The molecule has 4 unspecified atom stereocenters. The second-order valence-corrected chi connectivity index (χ2v) is 10.4. The first-order chi connectivity index (χ1) is 14.2. The number of fused-ring (bicyclic) bond motifs is 6. The van der Waals surface area contributed by atoms with E-state index >= 15 is 0 Å². The summed E-state index contributed by atoms with van der Waals surface area (Å²) in [6, 6.07) is 11.0. The van der Waals surface area contributed by atoms with Gasteiger partial charge in [0, 0.05) is 23.2 Å². The number of aliphatic hydroxyl groups is 1. The molecule has 1 heterocycles. The molecular formula is C27H33NO. The lowest BCUT2D eigenvalue weighted by molar-refractivity contribution is -0.0285.